The molecule has 0 fully saturated rings. The maximum atomic E-state index is 12.2. The van der Waals surface area contributed by atoms with Gasteiger partial charge in [0.25, 0.3) is 0 Å². The Morgan fingerprint density at radius 3 is 2.71 bits per heavy atom. The van der Waals surface area contributed by atoms with Crippen LogP contribution in [0.1, 0.15) is 27.2 Å². The fraction of sp³-hybridized carbons (Fsp3) is 0.240. The molecular weight excluding hydrogens is 388 g/mol. The Morgan fingerprint density at radius 1 is 1.10 bits per heavy atom. The van der Waals surface area contributed by atoms with Crippen molar-refractivity contribution in [2.24, 2.45) is 5.92 Å². The van der Waals surface area contributed by atoms with Gasteiger partial charge in [-0.25, -0.2) is 9.50 Å². The Kier molecular flexibility index (Phi) is 5.98. The molecular formula is C25H26N4O2. The molecule has 0 aliphatic rings. The third kappa shape index (κ3) is 4.58. The first-order valence-electron chi connectivity index (χ1n) is 10.5. The number of fused-ring (bicyclic) bond motifs is 1. The zero-order valence-electron chi connectivity index (χ0n) is 18.0. The number of anilines is 1. The van der Waals surface area contributed by atoms with E-state index in [1.165, 1.54) is 0 Å². The average Bonchev–Trinajstić information content (AvgIpc) is 3.18. The summed E-state index contributed by atoms with van der Waals surface area (Å²) in [6.45, 7) is 6.64. The third-order valence-electron chi connectivity index (χ3n) is 4.89. The van der Waals surface area contributed by atoms with Crippen LogP contribution in [0, 0.1) is 5.92 Å². The SMILES string of the molecule is CCOc1cccc(-c2cnn3c(-c4cccc(NC(=O)CC(C)C)c4)ccnc23)c1. The summed E-state index contributed by atoms with van der Waals surface area (Å²) in [5.74, 6) is 1.15. The second-order valence-corrected chi connectivity index (χ2v) is 7.81. The third-order valence-corrected chi connectivity index (χ3v) is 4.89. The summed E-state index contributed by atoms with van der Waals surface area (Å²) >= 11 is 0. The summed E-state index contributed by atoms with van der Waals surface area (Å²) < 4.78 is 7.47. The number of ether oxygens (including phenoxy) is 1. The van der Waals surface area contributed by atoms with Gasteiger partial charge in [0.15, 0.2) is 5.65 Å². The number of carbonyl (C=O) groups excluding carboxylic acids is 1. The van der Waals surface area contributed by atoms with E-state index in [-0.39, 0.29) is 5.91 Å². The molecule has 4 rings (SSSR count). The largest absolute Gasteiger partial charge is 0.494 e. The van der Waals surface area contributed by atoms with Crippen molar-refractivity contribution in [3.05, 3.63) is 67.0 Å². The second kappa shape index (κ2) is 9.00. The van der Waals surface area contributed by atoms with Gasteiger partial charge >= 0.3 is 0 Å². The van der Waals surface area contributed by atoms with Crippen LogP contribution >= 0.6 is 0 Å². The maximum absolute atomic E-state index is 12.2. The standard InChI is InChI=1S/C25H26N4O2/c1-4-31-21-10-6-7-18(15-21)22-16-27-29-23(11-12-26-25(22)29)19-8-5-9-20(14-19)28-24(30)13-17(2)3/h5-12,14-17H,4,13H2,1-3H3,(H,28,30). The highest BCUT2D eigenvalue weighted by Gasteiger charge is 2.13. The lowest BCUT2D eigenvalue weighted by atomic mass is 10.1. The molecule has 0 aliphatic carbocycles. The lowest BCUT2D eigenvalue weighted by Crippen LogP contribution is -2.13. The number of carbonyl (C=O) groups is 1. The molecule has 0 atom stereocenters. The number of nitrogens with zero attached hydrogens (tertiary/aromatic N) is 3. The highest BCUT2D eigenvalue weighted by molar-refractivity contribution is 5.91. The Hall–Kier alpha value is -3.67. The van der Waals surface area contributed by atoms with E-state index >= 15 is 0 Å². The first-order chi connectivity index (χ1) is 15.0. The molecule has 158 valence electrons. The van der Waals surface area contributed by atoms with Crippen LogP contribution in [0.5, 0.6) is 5.75 Å². The maximum Gasteiger partial charge on any atom is 0.224 e. The van der Waals surface area contributed by atoms with Gasteiger partial charge < -0.3 is 10.1 Å². The Labute approximate surface area is 181 Å². The fourth-order valence-electron chi connectivity index (χ4n) is 3.57. The monoisotopic (exact) mass is 414 g/mol. The summed E-state index contributed by atoms with van der Waals surface area (Å²) in [5, 5.41) is 7.59. The number of hydrogen-bond acceptors (Lipinski definition) is 4. The predicted molar refractivity (Wildman–Crippen MR) is 123 cm³/mol. The average molecular weight is 415 g/mol. The van der Waals surface area contributed by atoms with Crippen LogP contribution < -0.4 is 10.1 Å². The summed E-state index contributed by atoms with van der Waals surface area (Å²) in [6.07, 6.45) is 4.10. The number of aromatic nitrogens is 3. The van der Waals surface area contributed by atoms with E-state index in [0.29, 0.717) is 18.9 Å². The summed E-state index contributed by atoms with van der Waals surface area (Å²) in [6, 6.07) is 17.7. The van der Waals surface area contributed by atoms with Crippen molar-refractivity contribution in [1.82, 2.24) is 14.6 Å². The number of nitrogens with one attached hydrogen (secondary N) is 1. The number of amides is 1. The van der Waals surface area contributed by atoms with Crippen molar-refractivity contribution >= 4 is 17.2 Å². The lowest BCUT2D eigenvalue weighted by molar-refractivity contribution is -0.116. The van der Waals surface area contributed by atoms with Crippen molar-refractivity contribution in [1.29, 1.82) is 0 Å². The molecule has 6 nitrogen and oxygen atoms in total. The molecule has 0 bridgehead atoms. The van der Waals surface area contributed by atoms with Crippen molar-refractivity contribution in [2.45, 2.75) is 27.2 Å². The Morgan fingerprint density at radius 2 is 1.90 bits per heavy atom. The van der Waals surface area contributed by atoms with Crippen molar-refractivity contribution in [3.8, 4) is 28.1 Å². The van der Waals surface area contributed by atoms with E-state index in [2.05, 4.69) is 15.4 Å². The van der Waals surface area contributed by atoms with E-state index in [1.807, 2.05) is 86.1 Å². The molecule has 2 aromatic heterocycles. The van der Waals surface area contributed by atoms with Gasteiger partial charge in [0.2, 0.25) is 5.91 Å². The lowest BCUT2D eigenvalue weighted by Gasteiger charge is -2.10. The van der Waals surface area contributed by atoms with Gasteiger partial charge in [-0.2, -0.15) is 5.10 Å². The molecule has 2 heterocycles. The number of rotatable bonds is 7. The first-order valence-corrected chi connectivity index (χ1v) is 10.5. The van der Waals surface area contributed by atoms with Crippen LogP contribution in [-0.4, -0.2) is 27.1 Å². The van der Waals surface area contributed by atoms with Crippen molar-refractivity contribution < 1.29 is 9.53 Å². The molecule has 0 radical (unpaired) electrons. The van der Waals surface area contributed by atoms with E-state index in [1.54, 1.807) is 6.20 Å². The van der Waals surface area contributed by atoms with Crippen LogP contribution in [0.3, 0.4) is 0 Å². The Balaban J connectivity index is 1.70. The highest BCUT2D eigenvalue weighted by atomic mass is 16.5. The smallest absolute Gasteiger partial charge is 0.224 e. The molecule has 6 heteroatoms. The van der Waals surface area contributed by atoms with Gasteiger partial charge in [-0.05, 0) is 48.7 Å². The first kappa shape index (κ1) is 20.6. The summed E-state index contributed by atoms with van der Waals surface area (Å²) in [5.41, 5.74) is 5.32. The van der Waals surface area contributed by atoms with Gasteiger partial charge in [0, 0.05) is 29.4 Å². The second-order valence-electron chi connectivity index (χ2n) is 7.81. The minimum Gasteiger partial charge on any atom is -0.494 e. The van der Waals surface area contributed by atoms with Crippen LogP contribution in [0.25, 0.3) is 28.0 Å². The van der Waals surface area contributed by atoms with Crippen molar-refractivity contribution in [2.75, 3.05) is 11.9 Å². The molecule has 31 heavy (non-hydrogen) atoms. The van der Waals surface area contributed by atoms with E-state index in [9.17, 15) is 4.79 Å². The Bertz CT molecular complexity index is 1210. The number of benzene rings is 2. The summed E-state index contributed by atoms with van der Waals surface area (Å²) in [4.78, 5) is 16.7. The van der Waals surface area contributed by atoms with Crippen LogP contribution in [0.4, 0.5) is 5.69 Å². The van der Waals surface area contributed by atoms with Gasteiger partial charge in [0.05, 0.1) is 18.5 Å². The van der Waals surface area contributed by atoms with Gasteiger partial charge in [-0.1, -0.05) is 38.1 Å². The molecule has 1 N–H and O–H groups in total. The molecule has 1 amide bonds. The van der Waals surface area contributed by atoms with Crippen LogP contribution in [0.2, 0.25) is 0 Å². The van der Waals surface area contributed by atoms with Crippen LogP contribution in [0.15, 0.2) is 67.0 Å². The summed E-state index contributed by atoms with van der Waals surface area (Å²) in [7, 11) is 0. The van der Waals surface area contributed by atoms with E-state index in [0.717, 1.165) is 39.5 Å². The number of hydrogen-bond donors (Lipinski definition) is 1. The molecule has 2 aromatic carbocycles. The predicted octanol–water partition coefficient (Wildman–Crippen LogP) is 5.45. The molecule has 0 unspecified atom stereocenters. The highest BCUT2D eigenvalue weighted by Crippen LogP contribution is 2.30. The van der Waals surface area contributed by atoms with E-state index < -0.39 is 0 Å². The zero-order valence-corrected chi connectivity index (χ0v) is 18.0. The zero-order chi connectivity index (χ0) is 21.8. The minimum atomic E-state index is 0.0163. The molecule has 4 aromatic rings. The molecule has 0 saturated carbocycles. The molecule has 0 spiro atoms. The van der Waals surface area contributed by atoms with Gasteiger partial charge in [-0.3, -0.25) is 4.79 Å². The normalized spacial score (nSPS) is 11.1. The van der Waals surface area contributed by atoms with Crippen LogP contribution in [-0.2, 0) is 4.79 Å². The fourth-order valence-corrected chi connectivity index (χ4v) is 3.57. The topological polar surface area (TPSA) is 68.5 Å². The van der Waals surface area contributed by atoms with Gasteiger partial charge in [-0.15, -0.1) is 0 Å². The quantitative estimate of drug-likeness (QED) is 0.437. The van der Waals surface area contributed by atoms with Crippen molar-refractivity contribution in [3.63, 3.8) is 0 Å². The molecule has 0 saturated heterocycles. The van der Waals surface area contributed by atoms with Gasteiger partial charge in [0.1, 0.15) is 5.75 Å². The molecule has 0 aliphatic heterocycles. The minimum absolute atomic E-state index is 0.0163. The van der Waals surface area contributed by atoms with E-state index in [4.69, 9.17) is 4.74 Å².